The van der Waals surface area contributed by atoms with Gasteiger partial charge in [-0.2, -0.15) is 0 Å². The molecule has 0 saturated carbocycles. The van der Waals surface area contributed by atoms with E-state index < -0.39 is 6.03 Å². The van der Waals surface area contributed by atoms with Crippen molar-refractivity contribution in [2.75, 3.05) is 67.2 Å². The molecule has 13 heteroatoms. The molecule has 4 heterocycles. The summed E-state index contributed by atoms with van der Waals surface area (Å²) in [6.07, 6.45) is 2.02. The Morgan fingerprint density at radius 3 is 2.28 bits per heavy atom. The van der Waals surface area contributed by atoms with Gasteiger partial charge in [-0.25, -0.2) is 9.18 Å². The van der Waals surface area contributed by atoms with E-state index in [1.165, 1.54) is 11.0 Å². The van der Waals surface area contributed by atoms with Crippen LogP contribution in [0.25, 0.3) is 11.1 Å². The molecule has 3 aliphatic rings. The van der Waals surface area contributed by atoms with Crippen LogP contribution in [0.2, 0.25) is 0 Å². The van der Waals surface area contributed by atoms with E-state index in [4.69, 9.17) is 4.74 Å². The normalized spacial score (nSPS) is 16.8. The van der Waals surface area contributed by atoms with E-state index in [1.807, 2.05) is 32.9 Å². The zero-order chi connectivity index (χ0) is 40.2. The summed E-state index contributed by atoms with van der Waals surface area (Å²) in [5.41, 5.74) is 8.50. The molecule has 3 aliphatic heterocycles. The predicted molar refractivity (Wildman–Crippen MR) is 221 cm³/mol. The third-order valence-electron chi connectivity index (χ3n) is 11.6. The van der Waals surface area contributed by atoms with Gasteiger partial charge in [0.05, 0.1) is 0 Å². The van der Waals surface area contributed by atoms with Gasteiger partial charge in [-0.15, -0.1) is 0 Å². The van der Waals surface area contributed by atoms with Crippen molar-refractivity contribution in [3.63, 3.8) is 0 Å². The highest BCUT2D eigenvalue weighted by molar-refractivity contribution is 6.05. The average Bonchev–Trinajstić information content (AvgIpc) is 3.20. The Kier molecular flexibility index (Phi) is 12.1. The van der Waals surface area contributed by atoms with Crippen molar-refractivity contribution < 1.29 is 23.5 Å². The number of H-pyrrole nitrogens is 1. The molecule has 0 unspecified atom stereocenters. The van der Waals surface area contributed by atoms with Crippen LogP contribution in [0.4, 0.5) is 26.2 Å². The number of ether oxygens (including phenoxy) is 1. The lowest BCUT2D eigenvalue weighted by atomic mass is 9.95. The second-order valence-corrected chi connectivity index (χ2v) is 15.3. The molecule has 0 atom stereocenters. The minimum absolute atomic E-state index is 0.128. The highest BCUT2D eigenvalue weighted by Gasteiger charge is 2.27. The van der Waals surface area contributed by atoms with E-state index >= 15 is 4.39 Å². The summed E-state index contributed by atoms with van der Waals surface area (Å²) in [5.74, 6) is -0.925. The van der Waals surface area contributed by atoms with Crippen molar-refractivity contribution in [1.82, 2.24) is 20.5 Å². The molecule has 3 aromatic carbocycles. The summed E-state index contributed by atoms with van der Waals surface area (Å²) in [5, 5.41) is 5.32. The Bertz CT molecular complexity index is 2190. The van der Waals surface area contributed by atoms with Gasteiger partial charge in [0.2, 0.25) is 5.91 Å². The van der Waals surface area contributed by atoms with Crippen molar-refractivity contribution in [2.24, 2.45) is 0 Å². The first-order valence-corrected chi connectivity index (χ1v) is 19.9. The number of amides is 4. The number of urea groups is 1. The summed E-state index contributed by atoms with van der Waals surface area (Å²) in [7, 11) is 0. The monoisotopic (exact) mass is 777 g/mol. The molecule has 4 aromatic rings. The van der Waals surface area contributed by atoms with Gasteiger partial charge in [0.15, 0.2) is 0 Å². The van der Waals surface area contributed by atoms with E-state index in [9.17, 15) is 19.2 Å². The van der Waals surface area contributed by atoms with Gasteiger partial charge in [0.1, 0.15) is 5.82 Å². The fourth-order valence-electron chi connectivity index (χ4n) is 8.30. The summed E-state index contributed by atoms with van der Waals surface area (Å²) < 4.78 is 20.9. The number of nitrogens with zero attached hydrogens (tertiary/aromatic N) is 4. The van der Waals surface area contributed by atoms with Crippen LogP contribution in [-0.2, 0) is 22.6 Å². The Morgan fingerprint density at radius 1 is 0.895 bits per heavy atom. The van der Waals surface area contributed by atoms with Gasteiger partial charge in [-0.1, -0.05) is 18.2 Å². The molecular weight excluding hydrogens is 726 g/mol. The first-order valence-electron chi connectivity index (χ1n) is 19.9. The lowest BCUT2D eigenvalue weighted by Crippen LogP contribution is -2.49. The number of carbonyl (C=O) groups excluding carboxylic acids is 3. The van der Waals surface area contributed by atoms with Crippen LogP contribution in [0.15, 0.2) is 65.5 Å². The third kappa shape index (κ3) is 8.89. The fourth-order valence-corrected chi connectivity index (χ4v) is 8.30. The molecule has 300 valence electrons. The number of benzene rings is 3. The zero-order valence-corrected chi connectivity index (χ0v) is 33.3. The minimum Gasteiger partial charge on any atom is -0.381 e. The number of halogens is 1. The van der Waals surface area contributed by atoms with Crippen LogP contribution in [0.1, 0.15) is 64.5 Å². The van der Waals surface area contributed by atoms with Crippen LogP contribution >= 0.6 is 0 Å². The van der Waals surface area contributed by atoms with Crippen molar-refractivity contribution in [2.45, 2.75) is 66.1 Å². The van der Waals surface area contributed by atoms with E-state index in [0.29, 0.717) is 48.2 Å². The number of anilines is 3. The molecule has 12 nitrogen and oxygen atoms in total. The average molecular weight is 778 g/mol. The number of aromatic nitrogens is 1. The molecule has 3 saturated heterocycles. The summed E-state index contributed by atoms with van der Waals surface area (Å²) in [4.78, 5) is 61.6. The SMILES string of the molecule is CCN(c1cc(-c2ccc(N3CCN(Cc4ccc(N5CCC(=O)NC5=O)cc4F)CC3)cc2)cc(C(=O)NCc2c(C)cc(C)[nH]c2=O)c1C)C1CCOCC1. The summed E-state index contributed by atoms with van der Waals surface area (Å²) in [6, 6.07) is 19.1. The number of rotatable bonds is 11. The number of aromatic amines is 1. The smallest absolute Gasteiger partial charge is 0.328 e. The van der Waals surface area contributed by atoms with Crippen molar-refractivity contribution in [1.29, 1.82) is 0 Å². The maximum atomic E-state index is 15.2. The van der Waals surface area contributed by atoms with E-state index in [0.717, 1.165) is 84.9 Å². The molecule has 0 aliphatic carbocycles. The number of imide groups is 1. The van der Waals surface area contributed by atoms with Gasteiger partial charge < -0.3 is 24.8 Å². The minimum atomic E-state index is -0.531. The second kappa shape index (κ2) is 17.3. The molecule has 3 N–H and O–H groups in total. The molecule has 7 rings (SSSR count). The van der Waals surface area contributed by atoms with Crippen LogP contribution < -0.4 is 30.9 Å². The largest absolute Gasteiger partial charge is 0.381 e. The second-order valence-electron chi connectivity index (χ2n) is 15.3. The van der Waals surface area contributed by atoms with Crippen LogP contribution in [0, 0.1) is 26.6 Å². The number of hydrogen-bond acceptors (Lipinski definition) is 8. The van der Waals surface area contributed by atoms with Gasteiger partial charge in [-0.05, 0) is 105 Å². The predicted octanol–water partition coefficient (Wildman–Crippen LogP) is 5.81. The number of carbonyl (C=O) groups is 3. The standard InChI is InChI=1S/C44H52FN7O5/c1-5-51(35-13-20-57-21-14-35)40-24-33(23-37(30(40)4)42(54)46-26-38-28(2)22-29(3)47-43(38)55)31-6-9-34(10-7-31)50-18-16-49(17-19-50)27-32-8-11-36(25-39(32)45)52-15-12-41(53)48-44(52)56/h6-11,22-25,35H,5,12-21,26-27H2,1-4H3,(H,46,54)(H,47,55)(H,48,53,56). The summed E-state index contributed by atoms with van der Waals surface area (Å²) in [6.45, 7) is 14.0. The van der Waals surface area contributed by atoms with Gasteiger partial charge in [0, 0.05) is 117 Å². The highest BCUT2D eigenvalue weighted by Crippen LogP contribution is 2.35. The zero-order valence-electron chi connectivity index (χ0n) is 33.3. The molecule has 4 amide bonds. The Balaban J connectivity index is 1.05. The number of pyridine rings is 1. The van der Waals surface area contributed by atoms with Crippen molar-refractivity contribution in [3.05, 3.63) is 110 Å². The Labute approximate surface area is 333 Å². The number of nitrogens with one attached hydrogen (secondary N) is 3. The lowest BCUT2D eigenvalue weighted by molar-refractivity contribution is -0.120. The Morgan fingerprint density at radius 2 is 1.61 bits per heavy atom. The van der Waals surface area contributed by atoms with Crippen molar-refractivity contribution >= 4 is 34.9 Å². The topological polar surface area (TPSA) is 130 Å². The number of aryl methyl sites for hydroxylation is 2. The van der Waals surface area contributed by atoms with Gasteiger partial charge >= 0.3 is 6.03 Å². The van der Waals surface area contributed by atoms with E-state index in [2.05, 4.69) is 67.6 Å². The molecule has 3 fully saturated rings. The lowest BCUT2D eigenvalue weighted by Gasteiger charge is -2.37. The maximum absolute atomic E-state index is 15.2. The number of hydrogen-bond donors (Lipinski definition) is 3. The first kappa shape index (κ1) is 39.7. The first-order chi connectivity index (χ1) is 27.5. The van der Waals surface area contributed by atoms with E-state index in [-0.39, 0.29) is 42.7 Å². The van der Waals surface area contributed by atoms with Crippen molar-refractivity contribution in [3.8, 4) is 11.1 Å². The highest BCUT2D eigenvalue weighted by atomic mass is 19.1. The third-order valence-corrected chi connectivity index (χ3v) is 11.6. The molecule has 1 aromatic heterocycles. The van der Waals surface area contributed by atoms with Crippen LogP contribution in [-0.4, -0.2) is 86.3 Å². The van der Waals surface area contributed by atoms with Crippen LogP contribution in [0.3, 0.4) is 0 Å². The molecule has 57 heavy (non-hydrogen) atoms. The molecular formula is C44H52FN7O5. The molecule has 0 bridgehead atoms. The molecule has 0 spiro atoms. The van der Waals surface area contributed by atoms with Gasteiger partial charge in [0.25, 0.3) is 11.5 Å². The quantitative estimate of drug-likeness (QED) is 0.174. The fraction of sp³-hybridized carbons (Fsp3) is 0.409. The van der Waals surface area contributed by atoms with E-state index in [1.54, 1.807) is 12.1 Å². The number of piperazine rings is 1. The van der Waals surface area contributed by atoms with Gasteiger partial charge in [-0.3, -0.25) is 29.5 Å². The van der Waals surface area contributed by atoms with Crippen LogP contribution in [0.5, 0.6) is 0 Å². The maximum Gasteiger partial charge on any atom is 0.328 e. The summed E-state index contributed by atoms with van der Waals surface area (Å²) >= 11 is 0. The Hall–Kier alpha value is -5.53. The molecule has 0 radical (unpaired) electrons.